The number of carboxylic acids is 1. The SMILES string of the molecule is Cc1cccc2c1NC(=O)C(NC(=O)[C@H](CCC(F)(F)F)[C@@H](C(=O)O)c1ccccc1)N=C2c1cccc(F)c1. The molecule has 3 aromatic rings. The number of aliphatic carboxylic acids is 1. The minimum atomic E-state index is -4.65. The lowest BCUT2D eigenvalue weighted by Gasteiger charge is -2.25. The second-order valence-electron chi connectivity index (χ2n) is 9.37. The molecule has 3 aromatic carbocycles. The summed E-state index contributed by atoms with van der Waals surface area (Å²) in [5, 5.41) is 15.0. The van der Waals surface area contributed by atoms with Crippen LogP contribution in [0.15, 0.2) is 77.8 Å². The van der Waals surface area contributed by atoms with Crippen molar-refractivity contribution in [2.75, 3.05) is 5.32 Å². The van der Waals surface area contributed by atoms with Crippen molar-refractivity contribution in [1.29, 1.82) is 0 Å². The maximum atomic E-state index is 14.1. The van der Waals surface area contributed by atoms with Crippen molar-refractivity contribution in [3.8, 4) is 0 Å². The van der Waals surface area contributed by atoms with Crippen molar-refractivity contribution in [2.45, 2.75) is 38.0 Å². The number of anilines is 1. The van der Waals surface area contributed by atoms with Crippen molar-refractivity contribution in [3.05, 3.63) is 101 Å². The van der Waals surface area contributed by atoms with E-state index in [1.807, 2.05) is 0 Å². The summed E-state index contributed by atoms with van der Waals surface area (Å²) in [6, 6.07) is 18.0. The predicted octanol–water partition coefficient (Wildman–Crippen LogP) is 5.19. The molecule has 4 rings (SSSR count). The van der Waals surface area contributed by atoms with Crippen LogP contribution in [0.2, 0.25) is 0 Å². The average molecular weight is 556 g/mol. The van der Waals surface area contributed by atoms with Gasteiger partial charge in [-0.05, 0) is 36.6 Å². The number of nitrogens with one attached hydrogen (secondary N) is 2. The molecule has 1 aliphatic rings. The Bertz CT molecular complexity index is 1460. The number of carbonyl (C=O) groups excluding carboxylic acids is 2. The highest BCUT2D eigenvalue weighted by Gasteiger charge is 2.40. The molecule has 3 atom stereocenters. The number of amides is 2. The predicted molar refractivity (Wildman–Crippen MR) is 139 cm³/mol. The van der Waals surface area contributed by atoms with Crippen LogP contribution in [0.25, 0.3) is 0 Å². The first-order chi connectivity index (χ1) is 18.9. The number of hydrogen-bond acceptors (Lipinski definition) is 4. The fraction of sp³-hybridized carbons (Fsp3) is 0.241. The Morgan fingerprint density at radius 3 is 2.40 bits per heavy atom. The van der Waals surface area contributed by atoms with E-state index in [9.17, 15) is 37.1 Å². The van der Waals surface area contributed by atoms with Gasteiger partial charge in [-0.25, -0.2) is 9.38 Å². The fourth-order valence-electron chi connectivity index (χ4n) is 4.66. The third-order valence-corrected chi connectivity index (χ3v) is 6.56. The number of alkyl halides is 3. The molecule has 0 aromatic heterocycles. The molecule has 0 radical (unpaired) electrons. The van der Waals surface area contributed by atoms with E-state index in [4.69, 9.17) is 0 Å². The zero-order valence-electron chi connectivity index (χ0n) is 21.2. The van der Waals surface area contributed by atoms with Gasteiger partial charge in [0.1, 0.15) is 5.82 Å². The number of halogens is 4. The van der Waals surface area contributed by atoms with E-state index < -0.39 is 60.6 Å². The van der Waals surface area contributed by atoms with Gasteiger partial charge in [0.05, 0.1) is 23.2 Å². The van der Waals surface area contributed by atoms with Gasteiger partial charge in [0, 0.05) is 17.5 Å². The first kappa shape index (κ1) is 28.5. The highest BCUT2D eigenvalue weighted by Crippen LogP contribution is 2.34. The van der Waals surface area contributed by atoms with E-state index >= 15 is 0 Å². The Balaban J connectivity index is 1.75. The van der Waals surface area contributed by atoms with E-state index in [0.29, 0.717) is 22.4 Å². The summed E-state index contributed by atoms with van der Waals surface area (Å²) in [5.74, 6) is -7.26. The van der Waals surface area contributed by atoms with Crippen LogP contribution < -0.4 is 10.6 Å². The molecule has 1 aliphatic heterocycles. The molecule has 40 heavy (non-hydrogen) atoms. The number of carboxylic acid groups (broad SMARTS) is 1. The minimum Gasteiger partial charge on any atom is -0.481 e. The molecule has 1 heterocycles. The first-order valence-electron chi connectivity index (χ1n) is 12.3. The number of benzene rings is 3. The van der Waals surface area contributed by atoms with Crippen LogP contribution in [0, 0.1) is 18.7 Å². The smallest absolute Gasteiger partial charge is 0.389 e. The van der Waals surface area contributed by atoms with E-state index in [2.05, 4.69) is 15.6 Å². The summed E-state index contributed by atoms with van der Waals surface area (Å²) in [4.78, 5) is 43.3. The molecule has 1 unspecified atom stereocenters. The zero-order chi connectivity index (χ0) is 29.0. The monoisotopic (exact) mass is 555 g/mol. The summed E-state index contributed by atoms with van der Waals surface area (Å²) in [7, 11) is 0. The number of aliphatic imine (C=N–C) groups is 1. The normalized spacial score (nSPS) is 16.6. The van der Waals surface area contributed by atoms with Gasteiger partial charge >= 0.3 is 12.1 Å². The second kappa shape index (κ2) is 11.7. The van der Waals surface area contributed by atoms with Crippen molar-refractivity contribution in [3.63, 3.8) is 0 Å². The summed E-state index contributed by atoms with van der Waals surface area (Å²) >= 11 is 0. The third kappa shape index (κ3) is 6.53. The van der Waals surface area contributed by atoms with Crippen LogP contribution in [0.3, 0.4) is 0 Å². The van der Waals surface area contributed by atoms with Crippen LogP contribution in [0.4, 0.5) is 23.2 Å². The molecule has 0 saturated heterocycles. The van der Waals surface area contributed by atoms with Gasteiger partial charge in [0.15, 0.2) is 0 Å². The van der Waals surface area contributed by atoms with Crippen LogP contribution in [0.1, 0.15) is 41.0 Å². The van der Waals surface area contributed by atoms with Crippen LogP contribution in [-0.4, -0.2) is 40.9 Å². The number of aryl methyl sites for hydroxylation is 1. The zero-order valence-corrected chi connectivity index (χ0v) is 21.2. The third-order valence-electron chi connectivity index (χ3n) is 6.56. The summed E-state index contributed by atoms with van der Waals surface area (Å²) in [6.45, 7) is 1.73. The molecule has 0 saturated carbocycles. The second-order valence-corrected chi connectivity index (χ2v) is 9.37. The van der Waals surface area contributed by atoms with Gasteiger partial charge in [-0.3, -0.25) is 14.4 Å². The molecular weight excluding hydrogens is 530 g/mol. The van der Waals surface area contributed by atoms with Gasteiger partial charge < -0.3 is 15.7 Å². The van der Waals surface area contributed by atoms with Crippen molar-refractivity contribution in [1.82, 2.24) is 5.32 Å². The van der Waals surface area contributed by atoms with Gasteiger partial charge in [-0.15, -0.1) is 0 Å². The number of hydrogen-bond donors (Lipinski definition) is 3. The molecule has 208 valence electrons. The standard InChI is InChI=1S/C29H25F4N3O4/c1-16-7-5-12-21-23(16)35-27(38)25(34-24(21)18-10-6-11-19(30)15-18)36-26(37)20(13-14-29(31,32)33)22(28(39)40)17-8-3-2-4-9-17/h2-12,15,20,22,25H,13-14H2,1H3,(H,35,38)(H,36,37)(H,39,40)/t20-,22+,25?/m1/s1. The molecule has 0 fully saturated rings. The van der Waals surface area contributed by atoms with Crippen molar-refractivity contribution in [2.24, 2.45) is 10.9 Å². The van der Waals surface area contributed by atoms with E-state index in [-0.39, 0.29) is 11.3 Å². The average Bonchev–Trinajstić information content (AvgIpc) is 3.03. The lowest BCUT2D eigenvalue weighted by Crippen LogP contribution is -2.47. The molecule has 11 heteroatoms. The Morgan fingerprint density at radius 1 is 1.05 bits per heavy atom. The van der Waals surface area contributed by atoms with Crippen molar-refractivity contribution < 1.29 is 37.1 Å². The maximum absolute atomic E-state index is 14.1. The topological polar surface area (TPSA) is 108 Å². The Labute approximate surface area is 226 Å². The van der Waals surface area contributed by atoms with Crippen molar-refractivity contribution >= 4 is 29.2 Å². The molecule has 3 N–H and O–H groups in total. The molecule has 7 nitrogen and oxygen atoms in total. The first-order valence-corrected chi connectivity index (χ1v) is 12.3. The number of para-hydroxylation sites is 1. The number of carbonyl (C=O) groups is 3. The molecular formula is C29H25F4N3O4. The number of nitrogens with zero attached hydrogens (tertiary/aromatic N) is 1. The summed E-state index contributed by atoms with van der Waals surface area (Å²) < 4.78 is 53.7. The molecule has 0 bridgehead atoms. The van der Waals surface area contributed by atoms with E-state index in [1.54, 1.807) is 37.3 Å². The molecule has 0 spiro atoms. The lowest BCUT2D eigenvalue weighted by molar-refractivity contribution is -0.150. The largest absolute Gasteiger partial charge is 0.481 e. The van der Waals surface area contributed by atoms with Crippen LogP contribution in [0.5, 0.6) is 0 Å². The van der Waals surface area contributed by atoms with E-state index in [1.165, 1.54) is 42.5 Å². The molecule has 2 amide bonds. The lowest BCUT2D eigenvalue weighted by atomic mass is 9.82. The minimum absolute atomic E-state index is 0.134. The van der Waals surface area contributed by atoms with Gasteiger partial charge in [0.25, 0.3) is 5.91 Å². The summed E-state index contributed by atoms with van der Waals surface area (Å²) in [5.41, 5.74) is 2.05. The Morgan fingerprint density at radius 2 is 1.75 bits per heavy atom. The quantitative estimate of drug-likeness (QED) is 0.333. The highest BCUT2D eigenvalue weighted by molar-refractivity contribution is 6.20. The highest BCUT2D eigenvalue weighted by atomic mass is 19.4. The van der Waals surface area contributed by atoms with Gasteiger partial charge in [-0.2, -0.15) is 13.2 Å². The Kier molecular flexibility index (Phi) is 8.32. The van der Waals surface area contributed by atoms with E-state index in [0.717, 1.165) is 0 Å². The van der Waals surface area contributed by atoms with Gasteiger partial charge in [0.2, 0.25) is 12.1 Å². The number of rotatable bonds is 8. The number of benzodiazepines with no additional fused rings is 1. The maximum Gasteiger partial charge on any atom is 0.389 e. The van der Waals surface area contributed by atoms with Crippen LogP contribution in [-0.2, 0) is 14.4 Å². The Hall–Kier alpha value is -4.54. The molecule has 0 aliphatic carbocycles. The van der Waals surface area contributed by atoms with Gasteiger partial charge in [-0.1, -0.05) is 60.7 Å². The summed E-state index contributed by atoms with van der Waals surface area (Å²) in [6.07, 6.45) is -8.55. The fourth-order valence-corrected chi connectivity index (χ4v) is 4.66. The van der Waals surface area contributed by atoms with Crippen LogP contribution >= 0.6 is 0 Å². The number of fused-ring (bicyclic) bond motifs is 1.